The molecule has 1 unspecified atom stereocenters. The summed E-state index contributed by atoms with van der Waals surface area (Å²) in [5, 5.41) is 9.72. The van der Waals surface area contributed by atoms with Crippen LogP contribution in [-0.4, -0.2) is 32.0 Å². The molecule has 0 radical (unpaired) electrons. The lowest BCUT2D eigenvalue weighted by atomic mass is 10.1. The zero-order valence-corrected chi connectivity index (χ0v) is 10.1. The van der Waals surface area contributed by atoms with Crippen LogP contribution in [0.15, 0.2) is 24.3 Å². The van der Waals surface area contributed by atoms with Crippen LogP contribution >= 0.6 is 11.6 Å². The van der Waals surface area contributed by atoms with E-state index < -0.39 is 0 Å². The Bertz CT molecular complexity index is 304. The number of aliphatic hydroxyl groups is 1. The van der Waals surface area contributed by atoms with Gasteiger partial charge in [0.1, 0.15) is 5.75 Å². The Morgan fingerprint density at radius 2 is 2.12 bits per heavy atom. The van der Waals surface area contributed by atoms with Gasteiger partial charge in [-0.1, -0.05) is 23.7 Å². The van der Waals surface area contributed by atoms with Gasteiger partial charge in [-0.3, -0.25) is 0 Å². The topological polar surface area (TPSA) is 38.7 Å². The maximum Gasteiger partial charge on any atom is 0.137 e. The van der Waals surface area contributed by atoms with E-state index in [1.165, 1.54) is 0 Å². The fourth-order valence-electron chi connectivity index (χ4n) is 1.28. The molecule has 16 heavy (non-hydrogen) atoms. The number of para-hydroxylation sites is 1. The van der Waals surface area contributed by atoms with E-state index in [9.17, 15) is 0 Å². The standard InChI is InChI=1S/C12H17ClO3/c1-15-7-6-10(8-14)9-16-12-5-3-2-4-11(12)13/h2-5,10,14H,6-9H2,1H3. The molecule has 0 spiro atoms. The minimum atomic E-state index is 0.0798. The summed E-state index contributed by atoms with van der Waals surface area (Å²) in [4.78, 5) is 0. The monoisotopic (exact) mass is 244 g/mol. The predicted molar refractivity (Wildman–Crippen MR) is 64.0 cm³/mol. The Hall–Kier alpha value is -0.770. The minimum absolute atomic E-state index is 0.0798. The van der Waals surface area contributed by atoms with Crippen molar-refractivity contribution in [3.05, 3.63) is 29.3 Å². The van der Waals surface area contributed by atoms with Gasteiger partial charge in [-0.25, -0.2) is 0 Å². The molecule has 0 fully saturated rings. The number of ether oxygens (including phenoxy) is 2. The summed E-state index contributed by atoms with van der Waals surface area (Å²) in [6, 6.07) is 7.31. The third kappa shape index (κ3) is 4.39. The second-order valence-corrected chi connectivity index (χ2v) is 3.98. The molecule has 0 saturated heterocycles. The van der Waals surface area contributed by atoms with E-state index in [0.717, 1.165) is 6.42 Å². The van der Waals surface area contributed by atoms with Crippen molar-refractivity contribution < 1.29 is 14.6 Å². The van der Waals surface area contributed by atoms with Crippen LogP contribution in [-0.2, 0) is 4.74 Å². The van der Waals surface area contributed by atoms with Crippen molar-refractivity contribution in [2.45, 2.75) is 6.42 Å². The fraction of sp³-hybridized carbons (Fsp3) is 0.500. The molecule has 0 amide bonds. The Morgan fingerprint density at radius 3 is 2.75 bits per heavy atom. The molecule has 0 aromatic heterocycles. The van der Waals surface area contributed by atoms with Gasteiger partial charge in [-0.15, -0.1) is 0 Å². The van der Waals surface area contributed by atoms with Crippen LogP contribution in [0.3, 0.4) is 0 Å². The SMILES string of the molecule is COCCC(CO)COc1ccccc1Cl. The van der Waals surface area contributed by atoms with Crippen molar-refractivity contribution in [1.29, 1.82) is 0 Å². The van der Waals surface area contributed by atoms with E-state index in [-0.39, 0.29) is 12.5 Å². The molecule has 1 N–H and O–H groups in total. The third-order valence-corrected chi connectivity index (χ3v) is 2.61. The third-order valence-electron chi connectivity index (χ3n) is 2.30. The molecule has 1 atom stereocenters. The number of hydrogen-bond acceptors (Lipinski definition) is 3. The molecule has 1 rings (SSSR count). The van der Waals surface area contributed by atoms with Crippen LogP contribution in [0.2, 0.25) is 5.02 Å². The summed E-state index contributed by atoms with van der Waals surface area (Å²) in [6.45, 7) is 1.16. The van der Waals surface area contributed by atoms with E-state index in [1.807, 2.05) is 18.2 Å². The highest BCUT2D eigenvalue weighted by Gasteiger charge is 2.09. The molecule has 0 aliphatic rings. The smallest absolute Gasteiger partial charge is 0.137 e. The average Bonchev–Trinajstić information content (AvgIpc) is 2.31. The number of aliphatic hydroxyl groups excluding tert-OH is 1. The van der Waals surface area contributed by atoms with Gasteiger partial charge in [0.15, 0.2) is 0 Å². The van der Waals surface area contributed by atoms with Gasteiger partial charge in [-0.2, -0.15) is 0 Å². The number of benzene rings is 1. The predicted octanol–water partition coefficient (Wildman–Crippen LogP) is 2.36. The van der Waals surface area contributed by atoms with Gasteiger partial charge in [0.2, 0.25) is 0 Å². The molecule has 0 aliphatic carbocycles. The Morgan fingerprint density at radius 1 is 1.38 bits per heavy atom. The highest BCUT2D eigenvalue weighted by molar-refractivity contribution is 6.32. The average molecular weight is 245 g/mol. The van der Waals surface area contributed by atoms with Gasteiger partial charge >= 0.3 is 0 Å². The number of rotatable bonds is 7. The molecule has 1 aromatic rings. The Kier molecular flexibility index (Phi) is 6.23. The Labute approximate surface area is 101 Å². The zero-order valence-electron chi connectivity index (χ0n) is 9.36. The molecule has 4 heteroatoms. The van der Waals surface area contributed by atoms with Crippen molar-refractivity contribution in [3.8, 4) is 5.75 Å². The zero-order chi connectivity index (χ0) is 11.8. The molecular formula is C12H17ClO3. The van der Waals surface area contributed by atoms with Crippen LogP contribution in [0.5, 0.6) is 5.75 Å². The van der Waals surface area contributed by atoms with E-state index in [0.29, 0.717) is 24.0 Å². The fourth-order valence-corrected chi connectivity index (χ4v) is 1.47. The largest absolute Gasteiger partial charge is 0.492 e. The van der Waals surface area contributed by atoms with Gasteiger partial charge < -0.3 is 14.6 Å². The van der Waals surface area contributed by atoms with Crippen molar-refractivity contribution >= 4 is 11.6 Å². The van der Waals surface area contributed by atoms with Gasteiger partial charge in [0.25, 0.3) is 0 Å². The molecule has 0 saturated carbocycles. The lowest BCUT2D eigenvalue weighted by Gasteiger charge is -2.15. The summed E-state index contributed by atoms with van der Waals surface area (Å²) in [5.41, 5.74) is 0. The maximum absolute atomic E-state index is 9.13. The van der Waals surface area contributed by atoms with E-state index >= 15 is 0 Å². The van der Waals surface area contributed by atoms with Gasteiger partial charge in [0.05, 0.1) is 11.6 Å². The molecule has 1 aromatic carbocycles. The van der Waals surface area contributed by atoms with Gasteiger partial charge in [-0.05, 0) is 18.6 Å². The minimum Gasteiger partial charge on any atom is -0.492 e. The van der Waals surface area contributed by atoms with Crippen LogP contribution in [0, 0.1) is 5.92 Å². The summed E-state index contributed by atoms with van der Waals surface area (Å²) < 4.78 is 10.5. The first kappa shape index (κ1) is 13.3. The van der Waals surface area contributed by atoms with Gasteiger partial charge in [0, 0.05) is 26.2 Å². The lowest BCUT2D eigenvalue weighted by Crippen LogP contribution is -2.18. The summed E-state index contributed by atoms with van der Waals surface area (Å²) >= 11 is 5.94. The quantitative estimate of drug-likeness (QED) is 0.800. The van der Waals surface area contributed by atoms with Crippen molar-refractivity contribution in [3.63, 3.8) is 0 Å². The molecule has 0 bridgehead atoms. The summed E-state index contributed by atoms with van der Waals surface area (Å²) in [7, 11) is 1.64. The lowest BCUT2D eigenvalue weighted by molar-refractivity contribution is 0.116. The van der Waals surface area contributed by atoms with Crippen molar-refractivity contribution in [1.82, 2.24) is 0 Å². The number of methoxy groups -OCH3 is 1. The molecular weight excluding hydrogens is 228 g/mol. The normalized spacial score (nSPS) is 12.4. The molecule has 90 valence electrons. The van der Waals surface area contributed by atoms with E-state index in [2.05, 4.69) is 0 Å². The highest BCUT2D eigenvalue weighted by Crippen LogP contribution is 2.23. The van der Waals surface area contributed by atoms with Crippen LogP contribution < -0.4 is 4.74 Å². The second kappa shape index (κ2) is 7.49. The highest BCUT2D eigenvalue weighted by atomic mass is 35.5. The maximum atomic E-state index is 9.13. The van der Waals surface area contributed by atoms with Crippen LogP contribution in [0.1, 0.15) is 6.42 Å². The van der Waals surface area contributed by atoms with Crippen molar-refractivity contribution in [2.24, 2.45) is 5.92 Å². The number of halogens is 1. The first-order chi connectivity index (χ1) is 7.77. The van der Waals surface area contributed by atoms with E-state index in [1.54, 1.807) is 13.2 Å². The molecule has 0 heterocycles. The van der Waals surface area contributed by atoms with Crippen molar-refractivity contribution in [2.75, 3.05) is 26.9 Å². The van der Waals surface area contributed by atoms with E-state index in [4.69, 9.17) is 26.2 Å². The summed E-state index contributed by atoms with van der Waals surface area (Å²) in [6.07, 6.45) is 0.775. The van der Waals surface area contributed by atoms with Crippen LogP contribution in [0.4, 0.5) is 0 Å². The Balaban J connectivity index is 2.40. The van der Waals surface area contributed by atoms with Crippen LogP contribution in [0.25, 0.3) is 0 Å². The number of hydrogen-bond donors (Lipinski definition) is 1. The first-order valence-corrected chi connectivity index (χ1v) is 5.62. The molecule has 3 nitrogen and oxygen atoms in total. The first-order valence-electron chi connectivity index (χ1n) is 5.25. The second-order valence-electron chi connectivity index (χ2n) is 3.57. The molecule has 0 aliphatic heterocycles. The summed E-state index contributed by atoms with van der Waals surface area (Å²) in [5.74, 6) is 0.733.